The smallest absolute Gasteiger partial charge is 0.103 e. The van der Waals surface area contributed by atoms with E-state index < -0.39 is 0 Å². The summed E-state index contributed by atoms with van der Waals surface area (Å²) in [5, 5.41) is 16.9. The van der Waals surface area contributed by atoms with Crippen LogP contribution in [0.2, 0.25) is 5.02 Å². The first-order valence-corrected chi connectivity index (χ1v) is 5.45. The Morgan fingerprint density at radius 3 is 2.76 bits per heavy atom. The number of hydrogen-bond donors (Lipinski definition) is 1. The number of aromatic nitrogens is 2. The number of hydrogen-bond acceptors (Lipinski definition) is 3. The zero-order valence-electron chi connectivity index (χ0n) is 9.53. The first kappa shape index (κ1) is 11.5. The Balaban J connectivity index is 2.40. The number of aryl methyl sites for hydroxylation is 2. The Labute approximate surface area is 104 Å². The molecule has 17 heavy (non-hydrogen) atoms. The van der Waals surface area contributed by atoms with Gasteiger partial charge >= 0.3 is 0 Å². The molecule has 1 aromatic carbocycles. The molecule has 0 bridgehead atoms. The van der Waals surface area contributed by atoms with Crippen LogP contribution >= 0.6 is 11.6 Å². The van der Waals surface area contributed by atoms with E-state index in [0.29, 0.717) is 16.3 Å². The maximum absolute atomic E-state index is 9.06. The van der Waals surface area contributed by atoms with Crippen LogP contribution in [0.4, 0.5) is 11.4 Å². The quantitative estimate of drug-likeness (QED) is 0.886. The highest BCUT2D eigenvalue weighted by atomic mass is 35.5. The van der Waals surface area contributed by atoms with Crippen LogP contribution in [0.1, 0.15) is 11.3 Å². The standard InChI is InChI=1S/C12H11ClN4/c1-8-12(7-17(2)16-8)15-11-5-3-4-10(13)9(11)6-14/h3-5,7,15H,1-2H3. The van der Waals surface area contributed by atoms with E-state index in [2.05, 4.69) is 16.5 Å². The normalized spacial score (nSPS) is 10.0. The molecule has 0 aliphatic carbocycles. The molecular weight excluding hydrogens is 236 g/mol. The van der Waals surface area contributed by atoms with E-state index in [1.165, 1.54) is 0 Å². The maximum atomic E-state index is 9.06. The topological polar surface area (TPSA) is 53.6 Å². The second kappa shape index (κ2) is 4.48. The van der Waals surface area contributed by atoms with Crippen LogP contribution in [0.15, 0.2) is 24.4 Å². The number of nitrogens with one attached hydrogen (secondary N) is 1. The number of benzene rings is 1. The first-order valence-electron chi connectivity index (χ1n) is 5.07. The van der Waals surface area contributed by atoms with Gasteiger partial charge in [0.1, 0.15) is 6.07 Å². The van der Waals surface area contributed by atoms with Gasteiger partial charge in [-0.25, -0.2) is 0 Å². The lowest BCUT2D eigenvalue weighted by Gasteiger charge is -2.07. The number of nitriles is 1. The van der Waals surface area contributed by atoms with Crippen LogP contribution in [0.25, 0.3) is 0 Å². The van der Waals surface area contributed by atoms with Crippen molar-refractivity contribution in [1.29, 1.82) is 5.26 Å². The van der Waals surface area contributed by atoms with E-state index in [4.69, 9.17) is 16.9 Å². The molecule has 86 valence electrons. The Morgan fingerprint density at radius 2 is 2.18 bits per heavy atom. The zero-order valence-corrected chi connectivity index (χ0v) is 10.3. The summed E-state index contributed by atoms with van der Waals surface area (Å²) in [5.41, 5.74) is 2.87. The lowest BCUT2D eigenvalue weighted by molar-refractivity contribution is 0.756. The Kier molecular flexibility index (Phi) is 3.03. The van der Waals surface area contributed by atoms with Gasteiger partial charge in [0.2, 0.25) is 0 Å². The van der Waals surface area contributed by atoms with E-state index in [-0.39, 0.29) is 0 Å². The zero-order chi connectivity index (χ0) is 12.4. The highest BCUT2D eigenvalue weighted by Gasteiger charge is 2.09. The fourth-order valence-corrected chi connectivity index (χ4v) is 1.83. The summed E-state index contributed by atoms with van der Waals surface area (Å²) in [4.78, 5) is 0. The molecule has 1 N–H and O–H groups in total. The minimum Gasteiger partial charge on any atom is -0.352 e. The largest absolute Gasteiger partial charge is 0.352 e. The molecule has 4 nitrogen and oxygen atoms in total. The van der Waals surface area contributed by atoms with Crippen molar-refractivity contribution < 1.29 is 0 Å². The molecule has 0 saturated carbocycles. The average molecular weight is 247 g/mol. The van der Waals surface area contributed by atoms with Crippen molar-refractivity contribution in [2.45, 2.75) is 6.92 Å². The number of anilines is 2. The molecule has 0 spiro atoms. The molecule has 0 aliphatic rings. The van der Waals surface area contributed by atoms with Crippen LogP contribution in [-0.2, 0) is 7.05 Å². The molecule has 0 atom stereocenters. The molecule has 0 saturated heterocycles. The lowest BCUT2D eigenvalue weighted by atomic mass is 10.2. The van der Waals surface area contributed by atoms with Gasteiger partial charge in [-0.2, -0.15) is 10.4 Å². The molecule has 0 aliphatic heterocycles. The molecule has 0 fully saturated rings. The van der Waals surface area contributed by atoms with Gasteiger partial charge in [0.05, 0.1) is 27.7 Å². The third-order valence-corrected chi connectivity index (χ3v) is 2.72. The molecule has 5 heteroatoms. The van der Waals surface area contributed by atoms with Crippen LogP contribution in [0.3, 0.4) is 0 Å². The average Bonchev–Trinajstić information content (AvgIpc) is 2.58. The Hall–Kier alpha value is -1.99. The van der Waals surface area contributed by atoms with E-state index >= 15 is 0 Å². The number of rotatable bonds is 2. The van der Waals surface area contributed by atoms with Gasteiger partial charge < -0.3 is 5.32 Å². The summed E-state index contributed by atoms with van der Waals surface area (Å²) in [5.74, 6) is 0. The summed E-state index contributed by atoms with van der Waals surface area (Å²) in [6, 6.07) is 7.40. The van der Waals surface area contributed by atoms with Crippen LogP contribution in [0.5, 0.6) is 0 Å². The summed E-state index contributed by atoms with van der Waals surface area (Å²) in [6.45, 7) is 1.90. The van der Waals surface area contributed by atoms with Crippen molar-refractivity contribution in [3.8, 4) is 6.07 Å². The van der Waals surface area contributed by atoms with E-state index in [1.807, 2.05) is 26.2 Å². The van der Waals surface area contributed by atoms with Gasteiger partial charge in [0.25, 0.3) is 0 Å². The van der Waals surface area contributed by atoms with E-state index in [9.17, 15) is 0 Å². The van der Waals surface area contributed by atoms with Gasteiger partial charge in [0.15, 0.2) is 0 Å². The van der Waals surface area contributed by atoms with Crippen molar-refractivity contribution in [2.24, 2.45) is 7.05 Å². The lowest BCUT2D eigenvalue weighted by Crippen LogP contribution is -1.94. The van der Waals surface area contributed by atoms with Crippen LogP contribution in [0, 0.1) is 18.3 Å². The van der Waals surface area contributed by atoms with Crippen molar-refractivity contribution in [1.82, 2.24) is 9.78 Å². The fourth-order valence-electron chi connectivity index (χ4n) is 1.61. The number of nitrogens with zero attached hydrogens (tertiary/aromatic N) is 3. The summed E-state index contributed by atoms with van der Waals surface area (Å²) in [6.07, 6.45) is 1.86. The third kappa shape index (κ3) is 2.24. The second-order valence-corrected chi connectivity index (χ2v) is 4.11. The predicted molar refractivity (Wildman–Crippen MR) is 67.4 cm³/mol. The molecule has 2 rings (SSSR count). The fraction of sp³-hybridized carbons (Fsp3) is 0.167. The highest BCUT2D eigenvalue weighted by Crippen LogP contribution is 2.27. The van der Waals surface area contributed by atoms with Crippen molar-refractivity contribution in [3.05, 3.63) is 40.7 Å². The molecule has 1 heterocycles. The van der Waals surface area contributed by atoms with Gasteiger partial charge in [-0.1, -0.05) is 17.7 Å². The third-order valence-electron chi connectivity index (χ3n) is 2.41. The van der Waals surface area contributed by atoms with Crippen molar-refractivity contribution in [3.63, 3.8) is 0 Å². The second-order valence-electron chi connectivity index (χ2n) is 3.70. The Morgan fingerprint density at radius 1 is 1.41 bits per heavy atom. The summed E-state index contributed by atoms with van der Waals surface area (Å²) >= 11 is 5.96. The molecule has 0 radical (unpaired) electrons. The van der Waals surface area contributed by atoms with Gasteiger partial charge in [-0.05, 0) is 19.1 Å². The van der Waals surface area contributed by atoms with Crippen molar-refractivity contribution in [2.75, 3.05) is 5.32 Å². The van der Waals surface area contributed by atoms with Gasteiger partial charge in [0, 0.05) is 13.2 Å². The summed E-state index contributed by atoms with van der Waals surface area (Å²) < 4.78 is 1.72. The minimum atomic E-state index is 0.442. The maximum Gasteiger partial charge on any atom is 0.103 e. The Bertz CT molecular complexity index is 595. The predicted octanol–water partition coefficient (Wildman–Crippen LogP) is 3.00. The minimum absolute atomic E-state index is 0.442. The first-order chi connectivity index (χ1) is 8.11. The van der Waals surface area contributed by atoms with Gasteiger partial charge in [-0.3, -0.25) is 4.68 Å². The highest BCUT2D eigenvalue weighted by molar-refractivity contribution is 6.32. The SMILES string of the molecule is Cc1nn(C)cc1Nc1cccc(Cl)c1C#N. The van der Waals surface area contributed by atoms with E-state index in [0.717, 1.165) is 11.4 Å². The summed E-state index contributed by atoms with van der Waals surface area (Å²) in [7, 11) is 1.85. The molecule has 0 unspecified atom stereocenters. The monoisotopic (exact) mass is 246 g/mol. The molecule has 2 aromatic rings. The molecule has 0 amide bonds. The van der Waals surface area contributed by atoms with Crippen molar-refractivity contribution >= 4 is 23.0 Å². The number of halogens is 1. The van der Waals surface area contributed by atoms with Gasteiger partial charge in [-0.15, -0.1) is 0 Å². The molecule has 1 aromatic heterocycles. The molecular formula is C12H11ClN4. The van der Waals surface area contributed by atoms with E-state index in [1.54, 1.807) is 16.8 Å². The van der Waals surface area contributed by atoms with Crippen LogP contribution < -0.4 is 5.32 Å². The van der Waals surface area contributed by atoms with Crippen LogP contribution in [-0.4, -0.2) is 9.78 Å².